The van der Waals surface area contributed by atoms with Gasteiger partial charge in [0.05, 0.1) is 35.9 Å². The standard InChI is InChI=1S/C22H15FIN3O4.CH2O3.Na/c1-31-22(30)14-9-13(7-8-16(14)23)17-10-15(21(28)29)18-19(24)26-27(20(18)25-17)11-12-5-3-2-4-6-12;2-1(3)4;/h2-10H,11H2,1H3,(H,28,29);(H2,2,3,4);/q;;+1/p-1. The minimum Gasteiger partial charge on any atom is -0.565 e. The molecule has 0 aliphatic carbocycles. The molecule has 0 spiro atoms. The third-order valence-corrected chi connectivity index (χ3v) is 5.49. The van der Waals surface area contributed by atoms with E-state index in [9.17, 15) is 19.1 Å². The van der Waals surface area contributed by atoms with Gasteiger partial charge in [0.15, 0.2) is 5.65 Å². The summed E-state index contributed by atoms with van der Waals surface area (Å²) in [6.07, 6.45) is -2.08. The zero-order valence-corrected chi connectivity index (χ0v) is 23.1. The fourth-order valence-corrected chi connectivity index (χ4v) is 4.05. The summed E-state index contributed by atoms with van der Waals surface area (Å²) in [5, 5.41) is 30.0. The first kappa shape index (κ1) is 29.2. The van der Waals surface area contributed by atoms with Crippen molar-refractivity contribution in [2.75, 3.05) is 7.11 Å². The molecule has 0 saturated heterocycles. The van der Waals surface area contributed by atoms with E-state index in [4.69, 9.17) is 15.0 Å². The smallest absolute Gasteiger partial charge is 0.565 e. The van der Waals surface area contributed by atoms with Crippen LogP contribution in [-0.2, 0) is 11.3 Å². The Bertz CT molecular complexity index is 1430. The van der Waals surface area contributed by atoms with Crippen LogP contribution in [0.4, 0.5) is 9.18 Å². The summed E-state index contributed by atoms with van der Waals surface area (Å²) in [6, 6.07) is 14.8. The Balaban J connectivity index is 0.000000850. The van der Waals surface area contributed by atoms with Crippen LogP contribution in [0.25, 0.3) is 22.3 Å². The first-order chi connectivity index (χ1) is 16.6. The number of hydrogen-bond acceptors (Lipinski definition) is 7. The first-order valence-electron chi connectivity index (χ1n) is 9.74. The van der Waals surface area contributed by atoms with Crippen LogP contribution >= 0.6 is 22.6 Å². The van der Waals surface area contributed by atoms with E-state index in [1.807, 2.05) is 52.9 Å². The van der Waals surface area contributed by atoms with Crippen molar-refractivity contribution in [3.8, 4) is 11.3 Å². The number of benzene rings is 2. The van der Waals surface area contributed by atoms with Crippen LogP contribution in [0.1, 0.15) is 26.3 Å². The Morgan fingerprint density at radius 1 is 1.08 bits per heavy atom. The Hall–Kier alpha value is -3.07. The maximum atomic E-state index is 14.1. The number of nitrogens with zero attached hydrogens (tertiary/aromatic N) is 3. The van der Waals surface area contributed by atoms with E-state index in [2.05, 4.69) is 14.8 Å². The maximum Gasteiger partial charge on any atom is 1.00 e. The Labute approximate surface area is 239 Å². The monoisotopic (exact) mass is 615 g/mol. The fraction of sp³-hybridized carbons (Fsp3) is 0.0870. The largest absolute Gasteiger partial charge is 1.00 e. The molecule has 0 bridgehead atoms. The van der Waals surface area contributed by atoms with E-state index in [1.54, 1.807) is 4.68 Å². The van der Waals surface area contributed by atoms with Gasteiger partial charge in [-0.15, -0.1) is 0 Å². The molecule has 0 amide bonds. The SMILES string of the molecule is COC(=O)c1cc(-c2cc(C(=O)O)c3c(I)nn(Cc4ccccc4)c3n2)ccc1F.O=C([O-])O.[Na+]. The number of carbonyl (C=O) groups is 3. The molecule has 0 atom stereocenters. The number of carbonyl (C=O) groups excluding carboxylic acids is 1. The van der Waals surface area contributed by atoms with Crippen molar-refractivity contribution in [3.05, 3.63) is 80.8 Å². The van der Waals surface area contributed by atoms with Gasteiger partial charge in [0.25, 0.3) is 0 Å². The van der Waals surface area contributed by atoms with Crippen molar-refractivity contribution in [2.24, 2.45) is 0 Å². The Morgan fingerprint density at radius 2 is 1.72 bits per heavy atom. The van der Waals surface area contributed by atoms with Gasteiger partial charge in [0, 0.05) is 5.56 Å². The molecule has 4 rings (SSSR count). The molecule has 10 nitrogen and oxygen atoms in total. The van der Waals surface area contributed by atoms with Crippen molar-refractivity contribution >= 4 is 51.7 Å². The predicted octanol–water partition coefficient (Wildman–Crippen LogP) is 0.267. The van der Waals surface area contributed by atoms with Crippen molar-refractivity contribution in [1.82, 2.24) is 14.8 Å². The number of ether oxygens (including phenoxy) is 1. The molecule has 2 N–H and O–H groups in total. The molecule has 36 heavy (non-hydrogen) atoms. The van der Waals surface area contributed by atoms with Gasteiger partial charge in [0.2, 0.25) is 6.16 Å². The summed E-state index contributed by atoms with van der Waals surface area (Å²) in [5.74, 6) is -2.71. The van der Waals surface area contributed by atoms with Gasteiger partial charge in [-0.3, -0.25) is 0 Å². The molecule has 2 aromatic heterocycles. The van der Waals surface area contributed by atoms with E-state index in [0.29, 0.717) is 26.8 Å². The normalized spacial score (nSPS) is 10.1. The number of aromatic carboxylic acids is 1. The summed E-state index contributed by atoms with van der Waals surface area (Å²) in [6.45, 7) is 0.396. The number of aromatic nitrogens is 3. The third kappa shape index (κ3) is 6.78. The van der Waals surface area contributed by atoms with Crippen LogP contribution in [0.5, 0.6) is 0 Å². The minimum absolute atomic E-state index is 0. The second-order valence-corrected chi connectivity index (χ2v) is 7.97. The van der Waals surface area contributed by atoms with E-state index >= 15 is 0 Å². The topological polar surface area (TPSA) is 155 Å². The molecule has 0 radical (unpaired) electrons. The summed E-state index contributed by atoms with van der Waals surface area (Å²) < 4.78 is 20.8. The molecule has 4 aromatic rings. The van der Waals surface area contributed by atoms with Crippen LogP contribution in [-0.4, -0.2) is 50.2 Å². The third-order valence-electron chi connectivity index (χ3n) is 4.73. The Kier molecular flexibility index (Phi) is 10.3. The molecule has 0 unspecified atom stereocenters. The summed E-state index contributed by atoms with van der Waals surface area (Å²) in [5.41, 5.74) is 1.78. The summed E-state index contributed by atoms with van der Waals surface area (Å²) in [4.78, 5) is 36.9. The number of rotatable bonds is 5. The molecule has 13 heteroatoms. The van der Waals surface area contributed by atoms with Crippen LogP contribution in [0.3, 0.4) is 0 Å². The van der Waals surface area contributed by atoms with Crippen LogP contribution in [0.2, 0.25) is 0 Å². The molecular weight excluding hydrogens is 599 g/mol. The number of carboxylic acids is 1. The van der Waals surface area contributed by atoms with Gasteiger partial charge in [0.1, 0.15) is 9.52 Å². The molecule has 180 valence electrons. The van der Waals surface area contributed by atoms with Crippen molar-refractivity contribution in [3.63, 3.8) is 0 Å². The molecule has 0 aliphatic rings. The van der Waals surface area contributed by atoms with E-state index in [-0.39, 0.29) is 46.4 Å². The van der Waals surface area contributed by atoms with Gasteiger partial charge in [-0.1, -0.05) is 30.3 Å². The predicted molar refractivity (Wildman–Crippen MR) is 128 cm³/mol. The average Bonchev–Trinajstić information content (AvgIpc) is 3.13. The zero-order valence-electron chi connectivity index (χ0n) is 18.9. The molecule has 0 fully saturated rings. The Morgan fingerprint density at radius 3 is 2.31 bits per heavy atom. The second-order valence-electron chi connectivity index (χ2n) is 6.94. The molecule has 2 aromatic carbocycles. The number of methoxy groups -OCH3 is 1. The van der Waals surface area contributed by atoms with Gasteiger partial charge in [-0.05, 0) is 52.4 Å². The van der Waals surface area contributed by atoms with E-state index in [0.717, 1.165) is 18.7 Å². The van der Waals surface area contributed by atoms with Crippen molar-refractivity contribution in [2.45, 2.75) is 6.54 Å². The number of carboxylic acid groups (broad SMARTS) is 3. The van der Waals surface area contributed by atoms with Crippen LogP contribution in [0.15, 0.2) is 54.6 Å². The van der Waals surface area contributed by atoms with Gasteiger partial charge in [-0.2, -0.15) is 5.10 Å². The van der Waals surface area contributed by atoms with Crippen molar-refractivity contribution in [1.29, 1.82) is 0 Å². The number of hydrogen-bond donors (Lipinski definition) is 2. The molecule has 0 saturated carbocycles. The van der Waals surface area contributed by atoms with Gasteiger partial charge >= 0.3 is 41.5 Å². The first-order valence-corrected chi connectivity index (χ1v) is 10.8. The molecular formula is C23H16FIN3NaO7. The number of halogens is 2. The number of pyridine rings is 1. The summed E-state index contributed by atoms with van der Waals surface area (Å²) in [7, 11) is 1.16. The molecule has 0 aliphatic heterocycles. The van der Waals surface area contributed by atoms with Crippen molar-refractivity contribution < 1.29 is 68.4 Å². The van der Waals surface area contributed by atoms with E-state index < -0.39 is 23.9 Å². The average molecular weight is 615 g/mol. The molecule has 2 heterocycles. The van der Waals surface area contributed by atoms with Gasteiger partial charge < -0.3 is 24.9 Å². The van der Waals surface area contributed by atoms with Gasteiger partial charge in [-0.25, -0.2) is 23.6 Å². The second kappa shape index (κ2) is 12.8. The van der Waals surface area contributed by atoms with Crippen LogP contribution in [0, 0.1) is 9.52 Å². The fourth-order valence-electron chi connectivity index (χ4n) is 3.26. The van der Waals surface area contributed by atoms with E-state index in [1.165, 1.54) is 18.2 Å². The van der Waals surface area contributed by atoms with Crippen LogP contribution < -0.4 is 34.7 Å². The number of esters is 1. The summed E-state index contributed by atoms with van der Waals surface area (Å²) >= 11 is 1.98. The zero-order chi connectivity index (χ0) is 25.7. The quantitative estimate of drug-likeness (QED) is 0.183. The minimum atomic E-state index is -2.08. The maximum absolute atomic E-state index is 14.1. The number of fused-ring (bicyclic) bond motifs is 1.